The Bertz CT molecular complexity index is 1390. The summed E-state index contributed by atoms with van der Waals surface area (Å²) in [5, 5.41) is 12.3. The Kier molecular flexibility index (Phi) is 6.63. The van der Waals surface area contributed by atoms with E-state index in [1.54, 1.807) is 10.7 Å². The number of fused-ring (bicyclic) bond motifs is 1. The molecule has 0 aliphatic heterocycles. The van der Waals surface area contributed by atoms with E-state index in [0.29, 0.717) is 22.5 Å². The summed E-state index contributed by atoms with van der Waals surface area (Å²) in [5.74, 6) is 0.572. The van der Waals surface area contributed by atoms with Gasteiger partial charge in [-0.1, -0.05) is 38.8 Å². The Morgan fingerprint density at radius 1 is 1.12 bits per heavy atom. The Morgan fingerprint density at radius 3 is 2.56 bits per heavy atom. The molecule has 0 atom stereocenters. The molecule has 0 radical (unpaired) electrons. The number of rotatable bonds is 8. The van der Waals surface area contributed by atoms with Crippen LogP contribution in [0.1, 0.15) is 56.4 Å². The number of anilines is 1. The second-order valence-corrected chi connectivity index (χ2v) is 8.75. The number of aromatic nitrogens is 6. The monoisotopic (exact) mass is 461 g/mol. The number of aryl methyl sites for hydroxylation is 2. The zero-order valence-electron chi connectivity index (χ0n) is 20.3. The third-order valence-corrected chi connectivity index (χ3v) is 6.16. The molecule has 9 heteroatoms. The normalized spacial score (nSPS) is 11.5. The standard InChI is InChI=1S/C25H31N7O2/c1-6-9-18(10-7-2)23(33)27-21-13-16(4)30-32(21)25-28-22-19(24(34)29-25)14-26-31(22)20-12-8-11-15(3)17(20)5/h8,11-14,18H,6-7,9-10H2,1-5H3,(H,27,33)(H,28,29,34). The first-order valence-electron chi connectivity index (χ1n) is 11.8. The largest absolute Gasteiger partial charge is 0.310 e. The lowest BCUT2D eigenvalue weighted by Gasteiger charge is -2.15. The fraction of sp³-hybridized carbons (Fsp3) is 0.400. The minimum absolute atomic E-state index is 0.0475. The van der Waals surface area contributed by atoms with Crippen molar-refractivity contribution in [2.24, 2.45) is 5.92 Å². The van der Waals surface area contributed by atoms with Gasteiger partial charge in [0.2, 0.25) is 11.9 Å². The maximum Gasteiger partial charge on any atom is 0.263 e. The van der Waals surface area contributed by atoms with Crippen LogP contribution >= 0.6 is 0 Å². The molecule has 0 aliphatic rings. The van der Waals surface area contributed by atoms with Crippen LogP contribution in [0.15, 0.2) is 35.3 Å². The smallest absolute Gasteiger partial charge is 0.263 e. The molecule has 0 unspecified atom stereocenters. The van der Waals surface area contributed by atoms with Crippen LogP contribution in [0.3, 0.4) is 0 Å². The number of hydrogen-bond donors (Lipinski definition) is 2. The summed E-state index contributed by atoms with van der Waals surface area (Å²) >= 11 is 0. The first kappa shape index (κ1) is 23.4. The second kappa shape index (κ2) is 9.62. The van der Waals surface area contributed by atoms with Crippen molar-refractivity contribution in [3.63, 3.8) is 0 Å². The number of nitrogens with zero attached hydrogens (tertiary/aromatic N) is 5. The predicted molar refractivity (Wildman–Crippen MR) is 133 cm³/mol. The van der Waals surface area contributed by atoms with Crippen molar-refractivity contribution < 1.29 is 4.79 Å². The topological polar surface area (TPSA) is 110 Å². The van der Waals surface area contributed by atoms with Crippen molar-refractivity contribution in [1.29, 1.82) is 0 Å². The van der Waals surface area contributed by atoms with Gasteiger partial charge in [-0.25, -0.2) is 4.68 Å². The molecule has 0 saturated heterocycles. The highest BCUT2D eigenvalue weighted by molar-refractivity contribution is 5.92. The van der Waals surface area contributed by atoms with Crippen molar-refractivity contribution in [1.82, 2.24) is 29.5 Å². The van der Waals surface area contributed by atoms with Gasteiger partial charge in [-0.2, -0.15) is 19.9 Å². The highest BCUT2D eigenvalue weighted by atomic mass is 16.2. The van der Waals surface area contributed by atoms with Crippen molar-refractivity contribution in [3.05, 3.63) is 57.6 Å². The molecule has 0 fully saturated rings. The van der Waals surface area contributed by atoms with Gasteiger partial charge in [0.1, 0.15) is 11.2 Å². The van der Waals surface area contributed by atoms with Gasteiger partial charge in [0.15, 0.2) is 5.65 Å². The van der Waals surface area contributed by atoms with Gasteiger partial charge in [-0.05, 0) is 50.8 Å². The third-order valence-electron chi connectivity index (χ3n) is 6.16. The molecular weight excluding hydrogens is 430 g/mol. The Morgan fingerprint density at radius 2 is 1.85 bits per heavy atom. The van der Waals surface area contributed by atoms with E-state index in [1.165, 1.54) is 10.9 Å². The van der Waals surface area contributed by atoms with E-state index < -0.39 is 0 Å². The first-order valence-corrected chi connectivity index (χ1v) is 11.8. The number of nitrogens with one attached hydrogen (secondary N) is 2. The van der Waals surface area contributed by atoms with Crippen LogP contribution in [-0.2, 0) is 4.79 Å². The molecule has 0 aliphatic carbocycles. The van der Waals surface area contributed by atoms with E-state index in [9.17, 15) is 9.59 Å². The number of H-pyrrole nitrogens is 1. The fourth-order valence-corrected chi connectivity index (χ4v) is 4.23. The van der Waals surface area contributed by atoms with Crippen LogP contribution in [0, 0.1) is 26.7 Å². The summed E-state index contributed by atoms with van der Waals surface area (Å²) in [6, 6.07) is 7.70. The molecule has 0 spiro atoms. The average molecular weight is 462 g/mol. The van der Waals surface area contributed by atoms with Crippen LogP contribution in [0.5, 0.6) is 0 Å². The summed E-state index contributed by atoms with van der Waals surface area (Å²) in [7, 11) is 0. The number of carbonyl (C=O) groups is 1. The molecule has 2 N–H and O–H groups in total. The molecule has 4 rings (SSSR count). The number of benzene rings is 1. The van der Waals surface area contributed by atoms with Gasteiger partial charge >= 0.3 is 0 Å². The summed E-state index contributed by atoms with van der Waals surface area (Å²) in [6.07, 6.45) is 5.03. The lowest BCUT2D eigenvalue weighted by atomic mass is 9.97. The van der Waals surface area contributed by atoms with Crippen molar-refractivity contribution >= 4 is 22.8 Å². The molecule has 3 heterocycles. The van der Waals surface area contributed by atoms with E-state index >= 15 is 0 Å². The molecule has 0 saturated carbocycles. The van der Waals surface area contributed by atoms with E-state index in [2.05, 4.69) is 34.3 Å². The average Bonchev–Trinajstić information content (AvgIpc) is 3.39. The van der Waals surface area contributed by atoms with E-state index in [1.807, 2.05) is 39.0 Å². The van der Waals surface area contributed by atoms with Gasteiger partial charge in [-0.3, -0.25) is 14.6 Å². The molecule has 1 amide bonds. The fourth-order valence-electron chi connectivity index (χ4n) is 4.23. The highest BCUT2D eigenvalue weighted by Crippen LogP contribution is 2.22. The van der Waals surface area contributed by atoms with Gasteiger partial charge < -0.3 is 5.32 Å². The van der Waals surface area contributed by atoms with Crippen LogP contribution in [0.25, 0.3) is 22.7 Å². The third kappa shape index (κ3) is 4.37. The van der Waals surface area contributed by atoms with E-state index in [0.717, 1.165) is 42.5 Å². The van der Waals surface area contributed by atoms with Crippen LogP contribution in [0.2, 0.25) is 0 Å². The highest BCUT2D eigenvalue weighted by Gasteiger charge is 2.21. The molecule has 3 aromatic heterocycles. The van der Waals surface area contributed by atoms with Crippen molar-refractivity contribution in [3.8, 4) is 11.6 Å². The lowest BCUT2D eigenvalue weighted by Crippen LogP contribution is -2.25. The molecule has 0 bridgehead atoms. The lowest BCUT2D eigenvalue weighted by molar-refractivity contribution is -0.120. The SMILES string of the molecule is CCCC(CCC)C(=O)Nc1cc(C)nn1-c1nc2c(cnn2-c2cccc(C)c2C)c(=O)[nH]1. The van der Waals surface area contributed by atoms with E-state index in [4.69, 9.17) is 4.98 Å². The van der Waals surface area contributed by atoms with Crippen molar-refractivity contribution in [2.45, 2.75) is 60.3 Å². The Hall–Kier alpha value is -3.75. The number of amides is 1. The summed E-state index contributed by atoms with van der Waals surface area (Å²) in [6.45, 7) is 10.0. The minimum Gasteiger partial charge on any atom is -0.310 e. The molecule has 1 aromatic carbocycles. The molecule has 34 heavy (non-hydrogen) atoms. The maximum atomic E-state index is 13.0. The van der Waals surface area contributed by atoms with Gasteiger partial charge in [0.05, 0.1) is 17.6 Å². The molecule has 178 valence electrons. The Balaban J connectivity index is 1.79. The first-order chi connectivity index (χ1) is 16.3. The van der Waals surface area contributed by atoms with Gasteiger partial charge in [0.25, 0.3) is 5.56 Å². The molecule has 9 nitrogen and oxygen atoms in total. The van der Waals surface area contributed by atoms with Crippen LogP contribution in [-0.4, -0.2) is 35.4 Å². The summed E-state index contributed by atoms with van der Waals surface area (Å²) < 4.78 is 3.15. The van der Waals surface area contributed by atoms with E-state index in [-0.39, 0.29) is 23.3 Å². The number of carbonyl (C=O) groups excluding carboxylic acids is 1. The quantitative estimate of drug-likeness (QED) is 0.405. The summed E-state index contributed by atoms with van der Waals surface area (Å²) in [5.41, 5.74) is 3.82. The number of hydrogen-bond acceptors (Lipinski definition) is 5. The second-order valence-electron chi connectivity index (χ2n) is 8.75. The van der Waals surface area contributed by atoms with Crippen LogP contribution < -0.4 is 10.9 Å². The minimum atomic E-state index is -0.322. The van der Waals surface area contributed by atoms with Crippen LogP contribution in [0.4, 0.5) is 5.82 Å². The Labute approximate surface area is 198 Å². The van der Waals surface area contributed by atoms with Gasteiger partial charge in [0, 0.05) is 12.0 Å². The predicted octanol–water partition coefficient (Wildman–Crippen LogP) is 4.37. The summed E-state index contributed by atoms with van der Waals surface area (Å²) in [4.78, 5) is 33.4. The molecular formula is C25H31N7O2. The zero-order valence-corrected chi connectivity index (χ0v) is 20.3. The maximum absolute atomic E-state index is 13.0. The van der Waals surface area contributed by atoms with Crippen molar-refractivity contribution in [2.75, 3.05) is 5.32 Å². The molecule has 4 aromatic rings. The zero-order chi connectivity index (χ0) is 24.4. The van der Waals surface area contributed by atoms with Gasteiger partial charge in [-0.15, -0.1) is 0 Å². The number of aromatic amines is 1.